The maximum atomic E-state index is 12.9. The minimum Gasteiger partial charge on any atom is -0.354 e. The molecule has 0 unspecified atom stereocenters. The molecule has 0 fully saturated rings. The highest BCUT2D eigenvalue weighted by Gasteiger charge is 2.28. The Balaban J connectivity index is 2.07. The van der Waals surface area contributed by atoms with Crippen molar-refractivity contribution >= 4 is 33.4 Å². The molecule has 9 heteroatoms. The number of benzene rings is 1. The molecule has 1 atom stereocenters. The van der Waals surface area contributed by atoms with Crippen LogP contribution >= 0.6 is 11.6 Å². The molecule has 0 aliphatic heterocycles. The molecule has 0 heterocycles. The van der Waals surface area contributed by atoms with Gasteiger partial charge in [-0.05, 0) is 56.7 Å². The normalized spacial score (nSPS) is 15.3. The number of nitrogens with zero attached hydrogens (tertiary/aromatic N) is 2. The number of likely N-dealkylation sites (N-methyl/N-ethyl adjacent to an activating group) is 1. The van der Waals surface area contributed by atoms with E-state index in [1.54, 1.807) is 31.2 Å². The lowest BCUT2D eigenvalue weighted by atomic mass is 9.97. The van der Waals surface area contributed by atoms with Gasteiger partial charge in [-0.2, -0.15) is 4.31 Å². The minimum atomic E-state index is -3.52. The molecular formula is C22H32ClN3O4S. The average Bonchev–Trinajstić information content (AvgIpc) is 2.72. The number of amides is 2. The Labute approximate surface area is 190 Å². The summed E-state index contributed by atoms with van der Waals surface area (Å²) in [5.74, 6) is -0.707. The first-order valence-corrected chi connectivity index (χ1v) is 12.7. The molecule has 1 aliphatic rings. The summed E-state index contributed by atoms with van der Waals surface area (Å²) >= 11 is 5.94. The summed E-state index contributed by atoms with van der Waals surface area (Å²) in [6.45, 7) is 2.01. The van der Waals surface area contributed by atoms with Crippen LogP contribution in [-0.4, -0.2) is 61.9 Å². The molecule has 172 valence electrons. The molecule has 1 aromatic rings. The summed E-state index contributed by atoms with van der Waals surface area (Å²) in [5.41, 5.74) is 2.16. The van der Waals surface area contributed by atoms with Gasteiger partial charge in [-0.3, -0.25) is 9.59 Å². The first kappa shape index (κ1) is 25.4. The van der Waals surface area contributed by atoms with Crippen LogP contribution in [0.1, 0.15) is 44.6 Å². The predicted octanol–water partition coefficient (Wildman–Crippen LogP) is 2.96. The molecule has 0 aromatic heterocycles. The third-order valence-corrected chi connectivity index (χ3v) is 7.00. The van der Waals surface area contributed by atoms with Gasteiger partial charge in [-0.25, -0.2) is 8.42 Å². The highest BCUT2D eigenvalue weighted by molar-refractivity contribution is 7.88. The van der Waals surface area contributed by atoms with Crippen molar-refractivity contribution in [2.45, 2.75) is 51.6 Å². The molecule has 2 amide bonds. The number of carbonyl (C=O) groups is 2. The van der Waals surface area contributed by atoms with Crippen molar-refractivity contribution in [3.8, 4) is 0 Å². The van der Waals surface area contributed by atoms with E-state index in [0.717, 1.165) is 35.4 Å². The zero-order valence-corrected chi connectivity index (χ0v) is 20.0. The number of sulfonamides is 1. The van der Waals surface area contributed by atoms with E-state index < -0.39 is 22.0 Å². The van der Waals surface area contributed by atoms with Crippen LogP contribution in [0, 0.1) is 0 Å². The number of allylic oxidation sites excluding steroid dienone is 1. The van der Waals surface area contributed by atoms with Crippen molar-refractivity contribution in [3.05, 3.63) is 46.5 Å². The Morgan fingerprint density at radius 1 is 1.19 bits per heavy atom. The Bertz CT molecular complexity index is 900. The second kappa shape index (κ2) is 11.6. The van der Waals surface area contributed by atoms with Crippen LogP contribution in [-0.2, 0) is 26.2 Å². The van der Waals surface area contributed by atoms with Gasteiger partial charge in [-0.1, -0.05) is 35.4 Å². The topological polar surface area (TPSA) is 86.8 Å². The van der Waals surface area contributed by atoms with E-state index in [1.165, 1.54) is 30.4 Å². The highest BCUT2D eigenvalue weighted by Crippen LogP contribution is 2.19. The molecule has 0 bridgehead atoms. The van der Waals surface area contributed by atoms with Crippen LogP contribution < -0.4 is 5.32 Å². The quantitative estimate of drug-likeness (QED) is 0.534. The van der Waals surface area contributed by atoms with E-state index in [2.05, 4.69) is 11.4 Å². The summed E-state index contributed by atoms with van der Waals surface area (Å²) in [6.07, 6.45) is 8.67. The maximum absolute atomic E-state index is 12.9. The van der Waals surface area contributed by atoms with Crippen molar-refractivity contribution in [2.75, 3.05) is 26.4 Å². The van der Waals surface area contributed by atoms with Gasteiger partial charge >= 0.3 is 0 Å². The van der Waals surface area contributed by atoms with Crippen LogP contribution in [0.5, 0.6) is 0 Å². The molecule has 31 heavy (non-hydrogen) atoms. The van der Waals surface area contributed by atoms with E-state index in [4.69, 9.17) is 11.6 Å². The molecular weight excluding hydrogens is 438 g/mol. The van der Waals surface area contributed by atoms with Crippen LogP contribution in [0.2, 0.25) is 5.02 Å². The van der Waals surface area contributed by atoms with Crippen LogP contribution in [0.25, 0.3) is 0 Å². The zero-order valence-electron chi connectivity index (χ0n) is 18.4. The Morgan fingerprint density at radius 2 is 1.87 bits per heavy atom. The molecule has 7 nitrogen and oxygen atoms in total. The summed E-state index contributed by atoms with van der Waals surface area (Å²) < 4.78 is 24.4. The lowest BCUT2D eigenvalue weighted by Crippen LogP contribution is -2.50. The molecule has 0 saturated carbocycles. The van der Waals surface area contributed by atoms with Crippen molar-refractivity contribution in [1.29, 1.82) is 0 Å². The summed E-state index contributed by atoms with van der Waals surface area (Å²) in [7, 11) is -2.18. The third-order valence-electron chi connectivity index (χ3n) is 5.49. The van der Waals surface area contributed by atoms with Gasteiger partial charge < -0.3 is 10.2 Å². The molecule has 1 aromatic carbocycles. The fourth-order valence-electron chi connectivity index (χ4n) is 3.39. The van der Waals surface area contributed by atoms with Gasteiger partial charge in [0, 0.05) is 25.2 Å². The zero-order chi connectivity index (χ0) is 23.0. The van der Waals surface area contributed by atoms with E-state index in [0.29, 0.717) is 11.6 Å². The van der Waals surface area contributed by atoms with Crippen molar-refractivity contribution < 1.29 is 18.0 Å². The number of hydrogen-bond acceptors (Lipinski definition) is 4. The maximum Gasteiger partial charge on any atom is 0.242 e. The summed E-state index contributed by atoms with van der Waals surface area (Å²) in [5, 5.41) is 3.49. The predicted molar refractivity (Wildman–Crippen MR) is 123 cm³/mol. The molecule has 2 rings (SSSR count). The molecule has 0 saturated heterocycles. The van der Waals surface area contributed by atoms with E-state index in [9.17, 15) is 18.0 Å². The highest BCUT2D eigenvalue weighted by atomic mass is 35.5. The fourth-order valence-corrected chi connectivity index (χ4v) is 3.86. The summed E-state index contributed by atoms with van der Waals surface area (Å²) in [4.78, 5) is 27.1. The van der Waals surface area contributed by atoms with Crippen molar-refractivity contribution in [3.63, 3.8) is 0 Å². The van der Waals surface area contributed by atoms with Gasteiger partial charge in [0.25, 0.3) is 0 Å². The number of carbonyl (C=O) groups excluding carboxylic acids is 2. The molecule has 0 spiro atoms. The fraction of sp³-hybridized carbons (Fsp3) is 0.545. The first-order valence-electron chi connectivity index (χ1n) is 10.5. The van der Waals surface area contributed by atoms with Gasteiger partial charge in [0.05, 0.1) is 12.8 Å². The van der Waals surface area contributed by atoms with Crippen LogP contribution in [0.15, 0.2) is 35.9 Å². The first-order chi connectivity index (χ1) is 14.6. The third kappa shape index (κ3) is 8.27. The van der Waals surface area contributed by atoms with E-state index >= 15 is 0 Å². The molecule has 0 radical (unpaired) electrons. The monoisotopic (exact) mass is 469 g/mol. The lowest BCUT2D eigenvalue weighted by Gasteiger charge is -2.30. The second-order valence-electron chi connectivity index (χ2n) is 7.99. The Kier molecular flexibility index (Phi) is 9.53. The number of hydrogen-bond donors (Lipinski definition) is 1. The number of rotatable bonds is 10. The standard InChI is InChI=1S/C22H32ClN3O4S/c1-17(22(28)24-14-13-18-7-5-4-6-8-18)26(15-19-9-11-20(23)12-10-19)21(27)16-25(2)31(3,29)30/h7,9-12,17H,4-6,8,13-16H2,1-3H3,(H,24,28)/t17-/m1/s1. The smallest absolute Gasteiger partial charge is 0.242 e. The molecule has 1 N–H and O–H groups in total. The van der Waals surface area contributed by atoms with Gasteiger partial charge in [0.1, 0.15) is 6.04 Å². The minimum absolute atomic E-state index is 0.174. The summed E-state index contributed by atoms with van der Waals surface area (Å²) in [6, 6.07) is 6.23. The second-order valence-corrected chi connectivity index (χ2v) is 10.5. The van der Waals surface area contributed by atoms with Crippen LogP contribution in [0.3, 0.4) is 0 Å². The van der Waals surface area contributed by atoms with E-state index in [-0.39, 0.29) is 19.0 Å². The lowest BCUT2D eigenvalue weighted by molar-refractivity contribution is -0.140. The van der Waals surface area contributed by atoms with Crippen LogP contribution in [0.4, 0.5) is 0 Å². The Hall–Kier alpha value is -1.90. The average molecular weight is 470 g/mol. The number of nitrogens with one attached hydrogen (secondary N) is 1. The van der Waals surface area contributed by atoms with Crippen molar-refractivity contribution in [1.82, 2.24) is 14.5 Å². The SMILES string of the molecule is C[C@H](C(=O)NCCC1=CCCCC1)N(Cc1ccc(Cl)cc1)C(=O)CN(C)S(C)(=O)=O. The molecule has 1 aliphatic carbocycles. The largest absolute Gasteiger partial charge is 0.354 e. The Morgan fingerprint density at radius 3 is 2.45 bits per heavy atom. The van der Waals surface area contributed by atoms with Crippen molar-refractivity contribution in [2.24, 2.45) is 0 Å². The van der Waals surface area contributed by atoms with Gasteiger partial charge in [-0.15, -0.1) is 0 Å². The number of halogens is 1. The van der Waals surface area contributed by atoms with E-state index in [1.807, 2.05) is 0 Å². The van der Waals surface area contributed by atoms with Gasteiger partial charge in [0.2, 0.25) is 21.8 Å². The van der Waals surface area contributed by atoms with Gasteiger partial charge in [0.15, 0.2) is 0 Å².